The van der Waals surface area contributed by atoms with Gasteiger partial charge in [0.25, 0.3) is 0 Å². The summed E-state index contributed by atoms with van der Waals surface area (Å²) in [5.74, 6) is -0.696. The van der Waals surface area contributed by atoms with Crippen molar-refractivity contribution in [1.82, 2.24) is 15.0 Å². The zero-order valence-electron chi connectivity index (χ0n) is 20.4. The summed E-state index contributed by atoms with van der Waals surface area (Å²) in [6, 6.07) is 12.0. The predicted octanol–water partition coefficient (Wildman–Crippen LogP) is 4.33. The molecule has 8 nitrogen and oxygen atoms in total. The van der Waals surface area contributed by atoms with Gasteiger partial charge in [-0.3, -0.25) is 9.83 Å². The molecule has 11 heteroatoms. The zero-order valence-corrected chi connectivity index (χ0v) is 21.2. The van der Waals surface area contributed by atoms with Crippen LogP contribution in [0, 0.1) is 11.6 Å². The summed E-state index contributed by atoms with van der Waals surface area (Å²) in [7, 11) is 2.85. The molecule has 1 atom stereocenters. The summed E-state index contributed by atoms with van der Waals surface area (Å²) < 4.78 is 28.8. The maximum Gasteiger partial charge on any atom is 0.365 e. The normalized spacial score (nSPS) is 20.1. The Labute approximate surface area is 213 Å². The SMILES string of the molecule is CON(C)C(=O)N1N=C(c2cc(F)ccc2F)SC1(CCCN=C(N)N1CCCC1)c1ccccc1. The molecular weight excluding hydrogens is 486 g/mol. The molecule has 192 valence electrons. The van der Waals surface area contributed by atoms with E-state index >= 15 is 0 Å². The summed E-state index contributed by atoms with van der Waals surface area (Å²) in [5.41, 5.74) is 6.95. The number of benzene rings is 2. The van der Waals surface area contributed by atoms with E-state index in [1.807, 2.05) is 30.3 Å². The fraction of sp³-hybridized carbons (Fsp3) is 0.400. The molecule has 2 amide bonds. The molecule has 2 aliphatic heterocycles. The maximum absolute atomic E-state index is 14.7. The number of likely N-dealkylation sites (tertiary alicyclic amines) is 1. The number of hydroxylamine groups is 2. The number of nitrogens with two attached hydrogens (primary N) is 1. The Morgan fingerprint density at radius 1 is 1.22 bits per heavy atom. The van der Waals surface area contributed by atoms with Gasteiger partial charge in [-0.05, 0) is 49.4 Å². The zero-order chi connectivity index (χ0) is 25.7. The van der Waals surface area contributed by atoms with Crippen molar-refractivity contribution in [1.29, 1.82) is 0 Å². The maximum atomic E-state index is 14.7. The van der Waals surface area contributed by atoms with E-state index in [2.05, 4.69) is 15.0 Å². The molecule has 0 radical (unpaired) electrons. The predicted molar refractivity (Wildman–Crippen MR) is 137 cm³/mol. The largest absolute Gasteiger partial charge is 0.370 e. The second-order valence-corrected chi connectivity index (χ2v) is 9.86. The van der Waals surface area contributed by atoms with Gasteiger partial charge in [-0.15, -0.1) is 0 Å². The van der Waals surface area contributed by atoms with E-state index in [0.29, 0.717) is 25.3 Å². The minimum Gasteiger partial charge on any atom is -0.370 e. The Morgan fingerprint density at radius 3 is 2.64 bits per heavy atom. The number of carbonyl (C=O) groups is 1. The third-order valence-corrected chi connectivity index (χ3v) is 7.73. The Kier molecular flexibility index (Phi) is 8.10. The van der Waals surface area contributed by atoms with Crippen LogP contribution in [0.25, 0.3) is 0 Å². The molecule has 0 spiro atoms. The number of carbonyl (C=O) groups excluding carboxylic acids is 1. The lowest BCUT2D eigenvalue weighted by atomic mass is 10.0. The highest BCUT2D eigenvalue weighted by molar-refractivity contribution is 8.15. The van der Waals surface area contributed by atoms with Crippen molar-refractivity contribution in [3.8, 4) is 0 Å². The van der Waals surface area contributed by atoms with Gasteiger partial charge in [-0.25, -0.2) is 18.6 Å². The van der Waals surface area contributed by atoms with Crippen LogP contribution in [-0.2, 0) is 9.71 Å². The van der Waals surface area contributed by atoms with Crippen molar-refractivity contribution < 1.29 is 18.4 Å². The van der Waals surface area contributed by atoms with E-state index < -0.39 is 22.5 Å². The summed E-state index contributed by atoms with van der Waals surface area (Å²) in [4.78, 5) is 24.1. The minimum absolute atomic E-state index is 0.00743. The van der Waals surface area contributed by atoms with E-state index in [1.54, 1.807) is 0 Å². The lowest BCUT2D eigenvalue weighted by molar-refractivity contribution is -0.0805. The lowest BCUT2D eigenvalue weighted by Crippen LogP contribution is -2.47. The van der Waals surface area contributed by atoms with Gasteiger partial charge in [0.2, 0.25) is 0 Å². The van der Waals surface area contributed by atoms with Crippen LogP contribution in [0.4, 0.5) is 13.6 Å². The van der Waals surface area contributed by atoms with Crippen LogP contribution in [0.1, 0.15) is 36.8 Å². The third kappa shape index (κ3) is 5.31. The molecule has 0 saturated carbocycles. The molecule has 2 heterocycles. The lowest BCUT2D eigenvalue weighted by Gasteiger charge is -2.37. The smallest absolute Gasteiger partial charge is 0.365 e. The number of hydrogen-bond acceptors (Lipinski definition) is 5. The number of guanidine groups is 1. The number of hydrazone groups is 1. The molecule has 2 aromatic carbocycles. The molecule has 1 saturated heterocycles. The molecule has 1 unspecified atom stereocenters. The first-order valence-corrected chi connectivity index (χ1v) is 12.6. The van der Waals surface area contributed by atoms with Crippen LogP contribution < -0.4 is 5.73 Å². The van der Waals surface area contributed by atoms with Crippen molar-refractivity contribution in [2.75, 3.05) is 33.8 Å². The van der Waals surface area contributed by atoms with Gasteiger partial charge in [0.15, 0.2) is 5.96 Å². The summed E-state index contributed by atoms with van der Waals surface area (Å²) in [6.07, 6.45) is 3.21. The third-order valence-electron chi connectivity index (χ3n) is 6.28. The van der Waals surface area contributed by atoms with Gasteiger partial charge >= 0.3 is 6.03 Å². The van der Waals surface area contributed by atoms with Gasteiger partial charge in [0.05, 0.1) is 7.11 Å². The average Bonchev–Trinajstić information content (AvgIpc) is 3.57. The Balaban J connectivity index is 1.69. The quantitative estimate of drug-likeness (QED) is 0.256. The standard InChI is InChI=1S/C25H30F2N6O2S/c1-31(35-2)24(34)33-25(18-9-4-3-5-10-18,13-8-14-29-23(28)32-15-6-7-16-32)36-22(30-33)20-17-19(26)11-12-21(20)27/h3-5,9-12,17H,6-8,13-16H2,1-2H3,(H2,28,29). The fourth-order valence-corrected chi connectivity index (χ4v) is 5.73. The number of nitrogens with zero attached hydrogens (tertiary/aromatic N) is 5. The Bertz CT molecular complexity index is 1140. The van der Waals surface area contributed by atoms with Gasteiger partial charge in [0, 0.05) is 32.2 Å². The van der Waals surface area contributed by atoms with Crippen LogP contribution in [0.15, 0.2) is 58.6 Å². The first-order chi connectivity index (χ1) is 17.4. The first kappa shape index (κ1) is 25.9. The molecule has 1 fully saturated rings. The van der Waals surface area contributed by atoms with Gasteiger partial charge < -0.3 is 10.6 Å². The Hall–Kier alpha value is -3.18. The number of rotatable bonds is 7. The van der Waals surface area contributed by atoms with Crippen molar-refractivity contribution in [3.63, 3.8) is 0 Å². The summed E-state index contributed by atoms with van der Waals surface area (Å²) in [5, 5.41) is 7.05. The van der Waals surface area contributed by atoms with Crippen molar-refractivity contribution in [3.05, 3.63) is 71.3 Å². The summed E-state index contributed by atoms with van der Waals surface area (Å²) in [6.45, 7) is 2.26. The molecule has 2 aromatic rings. The summed E-state index contributed by atoms with van der Waals surface area (Å²) >= 11 is 1.21. The van der Waals surface area contributed by atoms with Crippen LogP contribution in [-0.4, -0.2) is 65.8 Å². The molecule has 2 aliphatic rings. The van der Waals surface area contributed by atoms with E-state index in [9.17, 15) is 13.6 Å². The van der Waals surface area contributed by atoms with Crippen LogP contribution in [0.3, 0.4) is 0 Å². The van der Waals surface area contributed by atoms with Crippen molar-refractivity contribution in [2.45, 2.75) is 30.6 Å². The first-order valence-electron chi connectivity index (χ1n) is 11.8. The van der Waals surface area contributed by atoms with Crippen LogP contribution in [0.2, 0.25) is 0 Å². The molecule has 0 aromatic heterocycles. The van der Waals surface area contributed by atoms with Crippen LogP contribution >= 0.6 is 11.8 Å². The molecule has 36 heavy (non-hydrogen) atoms. The van der Waals surface area contributed by atoms with Crippen molar-refractivity contribution >= 4 is 28.8 Å². The Morgan fingerprint density at radius 2 is 1.94 bits per heavy atom. The molecular formula is C25H30F2N6O2S. The molecule has 4 rings (SSSR count). The van der Waals surface area contributed by atoms with Crippen molar-refractivity contribution in [2.24, 2.45) is 15.8 Å². The molecule has 0 aliphatic carbocycles. The second kappa shape index (κ2) is 11.3. The molecule has 2 N–H and O–H groups in total. The van der Waals surface area contributed by atoms with Gasteiger partial charge in [0.1, 0.15) is 21.5 Å². The number of aliphatic imine (C=N–C) groups is 1. The topological polar surface area (TPSA) is 86.8 Å². The van der Waals surface area contributed by atoms with Gasteiger partial charge in [-0.2, -0.15) is 10.1 Å². The number of urea groups is 1. The van der Waals surface area contributed by atoms with E-state index in [-0.39, 0.29) is 10.6 Å². The molecule has 0 bridgehead atoms. The average molecular weight is 517 g/mol. The second-order valence-electron chi connectivity index (χ2n) is 8.59. The highest BCUT2D eigenvalue weighted by atomic mass is 32.2. The highest BCUT2D eigenvalue weighted by Crippen LogP contribution is 2.51. The number of amides is 2. The van der Waals surface area contributed by atoms with E-state index in [0.717, 1.165) is 54.8 Å². The van der Waals surface area contributed by atoms with Gasteiger partial charge in [-0.1, -0.05) is 42.1 Å². The fourth-order valence-electron chi connectivity index (χ4n) is 4.31. The number of hydrogen-bond donors (Lipinski definition) is 1. The highest BCUT2D eigenvalue weighted by Gasteiger charge is 2.49. The van der Waals surface area contributed by atoms with E-state index in [4.69, 9.17) is 10.6 Å². The number of halogens is 2. The van der Waals surface area contributed by atoms with E-state index in [1.165, 1.54) is 30.9 Å². The van der Waals surface area contributed by atoms with Crippen LogP contribution in [0.5, 0.6) is 0 Å². The minimum atomic E-state index is -1.03. The number of thioether (sulfide) groups is 1. The monoisotopic (exact) mass is 516 g/mol.